The molecular weight excluding hydrogens is 737 g/mol. The maximum Gasteiger partial charge on any atom is 0.307 e. The minimum atomic E-state index is -0.903. The Morgan fingerprint density at radius 3 is 1.93 bits per heavy atom. The van der Waals surface area contributed by atoms with E-state index >= 15 is 0 Å². The second-order valence-electron chi connectivity index (χ2n) is 14.6. The van der Waals surface area contributed by atoms with E-state index in [9.17, 15) is 9.59 Å². The summed E-state index contributed by atoms with van der Waals surface area (Å²) < 4.78 is 8.31. The molecule has 2 aromatic heterocycles. The van der Waals surface area contributed by atoms with Crippen LogP contribution in [0.4, 0.5) is 5.95 Å². The van der Waals surface area contributed by atoms with Crippen LogP contribution in [-0.4, -0.2) is 68.2 Å². The maximum atomic E-state index is 14.3. The van der Waals surface area contributed by atoms with Crippen molar-refractivity contribution in [2.45, 2.75) is 51.1 Å². The molecule has 0 N–H and O–H groups in total. The molecule has 0 unspecified atom stereocenters. The second-order valence-corrected chi connectivity index (χ2v) is 14.6. The molecule has 0 fully saturated rings. The van der Waals surface area contributed by atoms with Gasteiger partial charge < -0.3 is 9.64 Å². The molecule has 0 aliphatic carbocycles. The number of nitrogens with zero attached hydrogens (tertiary/aromatic N) is 8. The summed E-state index contributed by atoms with van der Waals surface area (Å²) in [5.74, 6) is 0.469. The number of tetrazole rings is 1. The monoisotopic (exact) mass is 784 g/mol. The molecule has 7 aromatic rings. The first-order valence-electron chi connectivity index (χ1n) is 19.9. The third-order valence-electron chi connectivity index (χ3n) is 10.4. The van der Waals surface area contributed by atoms with E-state index in [0.717, 1.165) is 57.5 Å². The summed E-state index contributed by atoms with van der Waals surface area (Å²) in [6.45, 7) is 2.22. The summed E-state index contributed by atoms with van der Waals surface area (Å²) in [5.41, 5.74) is 7.00. The molecule has 298 valence electrons. The van der Waals surface area contributed by atoms with Gasteiger partial charge in [0.05, 0.1) is 25.6 Å². The summed E-state index contributed by atoms with van der Waals surface area (Å²) >= 11 is 0. The Labute approximate surface area is 344 Å². The first kappa shape index (κ1) is 40.2. The normalized spacial score (nSPS) is 11.5. The van der Waals surface area contributed by atoms with Crippen LogP contribution in [0.1, 0.15) is 59.7 Å². The van der Waals surface area contributed by atoms with Gasteiger partial charge in [-0.3, -0.25) is 14.2 Å². The van der Waals surface area contributed by atoms with Crippen molar-refractivity contribution in [1.82, 2.24) is 34.7 Å². The van der Waals surface area contributed by atoms with Crippen LogP contribution in [0.25, 0.3) is 22.5 Å². The highest BCUT2D eigenvalue weighted by Crippen LogP contribution is 2.43. The Bertz CT molecular complexity index is 2470. The number of carbonyl (C=O) groups is 1. The number of esters is 1. The lowest BCUT2D eigenvalue weighted by Gasteiger charge is -2.36. The van der Waals surface area contributed by atoms with E-state index in [4.69, 9.17) is 20.0 Å². The van der Waals surface area contributed by atoms with Crippen LogP contribution in [0, 0.1) is 0 Å². The molecule has 0 atom stereocenters. The number of aliphatic imine (C=N–C) groups is 1. The zero-order valence-electron chi connectivity index (χ0n) is 33.9. The van der Waals surface area contributed by atoms with Crippen molar-refractivity contribution in [3.05, 3.63) is 183 Å². The van der Waals surface area contributed by atoms with E-state index in [1.54, 1.807) is 11.2 Å². The van der Waals surface area contributed by atoms with E-state index in [2.05, 4.69) is 89.9 Å². The van der Waals surface area contributed by atoms with E-state index in [1.807, 2.05) is 85.5 Å². The molecule has 5 aromatic carbocycles. The standard InChI is InChI=1S/C48H48N8O3/c1-5-6-26-43-42(46(58)55(32-31-44(57)59-4)47(50-43)49-34-54(2)3)33-35-27-29-36(30-28-35)40-24-16-17-25-41(40)45-51-52-53-56(45)48(37-18-10-7-11-19-37,38-20-12-8-13-21-38)39-22-14-9-15-23-39/h7-25,27-30,34H,5-6,26,31-33H2,1-4H3. The van der Waals surface area contributed by atoms with Crippen molar-refractivity contribution in [2.75, 3.05) is 21.2 Å². The van der Waals surface area contributed by atoms with Crippen LogP contribution in [0.5, 0.6) is 0 Å². The minimum Gasteiger partial charge on any atom is -0.469 e. The van der Waals surface area contributed by atoms with Crippen LogP contribution >= 0.6 is 0 Å². The van der Waals surface area contributed by atoms with Crippen molar-refractivity contribution in [1.29, 1.82) is 0 Å². The van der Waals surface area contributed by atoms with Crippen molar-refractivity contribution in [3.63, 3.8) is 0 Å². The van der Waals surface area contributed by atoms with Gasteiger partial charge in [0.15, 0.2) is 5.82 Å². The molecule has 11 nitrogen and oxygen atoms in total. The molecule has 0 amide bonds. The smallest absolute Gasteiger partial charge is 0.307 e. The van der Waals surface area contributed by atoms with Crippen molar-refractivity contribution in [3.8, 4) is 22.5 Å². The van der Waals surface area contributed by atoms with Crippen LogP contribution in [0.15, 0.2) is 149 Å². The van der Waals surface area contributed by atoms with Crippen LogP contribution in [0.2, 0.25) is 0 Å². The molecule has 11 heteroatoms. The maximum absolute atomic E-state index is 14.3. The summed E-state index contributed by atoms with van der Waals surface area (Å²) in [7, 11) is 5.04. The Balaban J connectivity index is 1.30. The van der Waals surface area contributed by atoms with Gasteiger partial charge in [-0.2, -0.15) is 0 Å². The van der Waals surface area contributed by atoms with Gasteiger partial charge in [0.1, 0.15) is 5.54 Å². The van der Waals surface area contributed by atoms with Crippen LogP contribution < -0.4 is 5.56 Å². The Morgan fingerprint density at radius 1 is 0.797 bits per heavy atom. The molecule has 0 aliphatic rings. The number of carbonyl (C=O) groups excluding carboxylic acids is 1. The van der Waals surface area contributed by atoms with Crippen molar-refractivity contribution in [2.24, 2.45) is 4.99 Å². The Kier molecular flexibility index (Phi) is 12.6. The largest absolute Gasteiger partial charge is 0.469 e. The topological polar surface area (TPSA) is 120 Å². The lowest BCUT2D eigenvalue weighted by atomic mass is 9.77. The van der Waals surface area contributed by atoms with E-state index in [-0.39, 0.29) is 24.5 Å². The first-order valence-corrected chi connectivity index (χ1v) is 19.9. The molecule has 0 spiro atoms. The molecule has 59 heavy (non-hydrogen) atoms. The lowest BCUT2D eigenvalue weighted by Crippen LogP contribution is -2.39. The molecule has 2 heterocycles. The zero-order valence-corrected chi connectivity index (χ0v) is 33.9. The van der Waals surface area contributed by atoms with Gasteiger partial charge in [0.2, 0.25) is 5.95 Å². The highest BCUT2D eigenvalue weighted by atomic mass is 16.5. The van der Waals surface area contributed by atoms with Gasteiger partial charge in [-0.25, -0.2) is 14.7 Å². The molecule has 0 radical (unpaired) electrons. The first-order chi connectivity index (χ1) is 28.8. The van der Waals surface area contributed by atoms with Crippen LogP contribution in [-0.2, 0) is 34.5 Å². The average Bonchev–Trinajstić information content (AvgIpc) is 3.77. The van der Waals surface area contributed by atoms with E-state index in [1.165, 1.54) is 11.7 Å². The fourth-order valence-electron chi connectivity index (χ4n) is 7.55. The molecule has 7 rings (SSSR count). The Hall–Kier alpha value is -7.01. The minimum absolute atomic E-state index is 0.0247. The highest BCUT2D eigenvalue weighted by molar-refractivity contribution is 5.81. The number of methoxy groups -OCH3 is 1. The van der Waals surface area contributed by atoms with Crippen LogP contribution in [0.3, 0.4) is 0 Å². The number of ether oxygens (including phenoxy) is 1. The van der Waals surface area contributed by atoms with Crippen molar-refractivity contribution >= 4 is 18.3 Å². The fourth-order valence-corrected chi connectivity index (χ4v) is 7.55. The number of hydrogen-bond acceptors (Lipinski definition) is 8. The number of aromatic nitrogens is 6. The zero-order chi connectivity index (χ0) is 41.2. The van der Waals surface area contributed by atoms with Gasteiger partial charge in [-0.05, 0) is 56.6 Å². The predicted molar refractivity (Wildman–Crippen MR) is 232 cm³/mol. The van der Waals surface area contributed by atoms with E-state index in [0.29, 0.717) is 24.2 Å². The van der Waals surface area contributed by atoms with E-state index < -0.39 is 11.5 Å². The van der Waals surface area contributed by atoms with Gasteiger partial charge in [0.25, 0.3) is 5.56 Å². The third kappa shape index (κ3) is 8.50. The van der Waals surface area contributed by atoms with Gasteiger partial charge >= 0.3 is 5.97 Å². The quantitative estimate of drug-likeness (QED) is 0.0417. The molecule has 0 aliphatic heterocycles. The summed E-state index contributed by atoms with van der Waals surface area (Å²) in [5, 5.41) is 13.8. The van der Waals surface area contributed by atoms with Gasteiger partial charge in [0, 0.05) is 38.2 Å². The van der Waals surface area contributed by atoms with Gasteiger partial charge in [-0.15, -0.1) is 5.10 Å². The third-order valence-corrected chi connectivity index (χ3v) is 10.4. The number of unbranched alkanes of at least 4 members (excludes halogenated alkanes) is 1. The molecule has 0 saturated heterocycles. The fraction of sp³-hybridized carbons (Fsp3) is 0.229. The molecule has 0 saturated carbocycles. The number of benzene rings is 5. The van der Waals surface area contributed by atoms with Gasteiger partial charge in [-0.1, -0.05) is 153 Å². The SMILES string of the molecule is CCCCc1nc(N=CN(C)C)n(CCC(=O)OC)c(=O)c1Cc1ccc(-c2ccccc2-c2nnnn2C(c2ccccc2)(c2ccccc2)c2ccccc2)cc1. The highest BCUT2D eigenvalue weighted by Gasteiger charge is 2.42. The summed E-state index contributed by atoms with van der Waals surface area (Å²) in [4.78, 5) is 37.6. The number of aryl methyl sites for hydroxylation is 1. The molecule has 0 bridgehead atoms. The number of rotatable bonds is 16. The van der Waals surface area contributed by atoms with Crippen molar-refractivity contribution < 1.29 is 9.53 Å². The predicted octanol–water partition coefficient (Wildman–Crippen LogP) is 8.12. The molecular formula is C48H48N8O3. The summed E-state index contributed by atoms with van der Waals surface area (Å²) in [6, 6.07) is 47.5. The average molecular weight is 785 g/mol. The second kappa shape index (κ2) is 18.5. The lowest BCUT2D eigenvalue weighted by molar-refractivity contribution is -0.140. The number of hydrogen-bond donors (Lipinski definition) is 0. The summed E-state index contributed by atoms with van der Waals surface area (Å²) in [6.07, 6.45) is 4.46. The Morgan fingerprint density at radius 2 is 1.37 bits per heavy atom.